The van der Waals surface area contributed by atoms with E-state index in [1.165, 1.54) is 24.8 Å². The summed E-state index contributed by atoms with van der Waals surface area (Å²) < 4.78 is 0. The van der Waals surface area contributed by atoms with Gasteiger partial charge in [-0.3, -0.25) is 4.79 Å². The minimum Gasteiger partial charge on any atom is -0.384 e. The molecule has 0 aromatic heterocycles. The number of benzene rings is 1. The minimum atomic E-state index is 0.100. The summed E-state index contributed by atoms with van der Waals surface area (Å²) in [6.45, 7) is 3.23. The topological polar surface area (TPSA) is 41.1 Å². The fourth-order valence-corrected chi connectivity index (χ4v) is 3.75. The van der Waals surface area contributed by atoms with Gasteiger partial charge in [0.1, 0.15) is 0 Å². The van der Waals surface area contributed by atoms with Crippen LogP contribution in [-0.4, -0.2) is 18.5 Å². The zero-order chi connectivity index (χ0) is 14.7. The van der Waals surface area contributed by atoms with Gasteiger partial charge in [0.05, 0.1) is 11.3 Å². The van der Waals surface area contributed by atoms with Crippen molar-refractivity contribution < 1.29 is 4.79 Å². The third-order valence-electron chi connectivity index (χ3n) is 5.02. The summed E-state index contributed by atoms with van der Waals surface area (Å²) in [7, 11) is 0. The van der Waals surface area contributed by atoms with Crippen molar-refractivity contribution in [2.75, 3.05) is 11.9 Å². The number of hydrogen-bond acceptors (Lipinski definition) is 2. The lowest BCUT2D eigenvalue weighted by atomic mass is 9.84. The Kier molecular flexibility index (Phi) is 4.47. The molecule has 2 atom stereocenters. The number of hydrogen-bond donors (Lipinski definition) is 2. The van der Waals surface area contributed by atoms with Crippen molar-refractivity contribution in [3.63, 3.8) is 0 Å². The largest absolute Gasteiger partial charge is 0.384 e. The van der Waals surface area contributed by atoms with Crippen molar-refractivity contribution in [2.24, 2.45) is 5.92 Å². The second kappa shape index (κ2) is 6.50. The standard InChI is InChI=1S/C18H26N2O/c1-2-13-6-3-9-15(12-13)20-18(21)16-10-4-7-14-8-5-11-19-17(14)16/h4,7,10,13,15,19H,2-3,5-6,8-9,11-12H2,1H3,(H,20,21). The van der Waals surface area contributed by atoms with Gasteiger partial charge in [0, 0.05) is 12.6 Å². The van der Waals surface area contributed by atoms with Crippen LogP contribution in [0.15, 0.2) is 18.2 Å². The average molecular weight is 286 g/mol. The van der Waals surface area contributed by atoms with E-state index in [2.05, 4.69) is 23.6 Å². The first kappa shape index (κ1) is 14.4. The van der Waals surface area contributed by atoms with Crippen LogP contribution in [0.2, 0.25) is 0 Å². The molecule has 0 saturated heterocycles. The quantitative estimate of drug-likeness (QED) is 0.888. The van der Waals surface area contributed by atoms with E-state index in [1.807, 2.05) is 12.1 Å². The molecule has 21 heavy (non-hydrogen) atoms. The van der Waals surface area contributed by atoms with Gasteiger partial charge in [0.25, 0.3) is 5.91 Å². The molecule has 1 amide bonds. The molecule has 3 rings (SSSR count). The van der Waals surface area contributed by atoms with Gasteiger partial charge < -0.3 is 10.6 Å². The fourth-order valence-electron chi connectivity index (χ4n) is 3.75. The first-order valence-electron chi connectivity index (χ1n) is 8.44. The van der Waals surface area contributed by atoms with Gasteiger partial charge in [-0.2, -0.15) is 0 Å². The predicted octanol–water partition coefficient (Wildman–Crippen LogP) is 3.74. The minimum absolute atomic E-state index is 0.100. The van der Waals surface area contributed by atoms with E-state index in [1.54, 1.807) is 0 Å². The van der Waals surface area contributed by atoms with Crippen LogP contribution in [0, 0.1) is 5.92 Å². The van der Waals surface area contributed by atoms with Gasteiger partial charge in [0.2, 0.25) is 0 Å². The summed E-state index contributed by atoms with van der Waals surface area (Å²) >= 11 is 0. The predicted molar refractivity (Wildman–Crippen MR) is 86.8 cm³/mol. The van der Waals surface area contributed by atoms with Crippen molar-refractivity contribution in [3.05, 3.63) is 29.3 Å². The molecule has 2 aliphatic rings. The Morgan fingerprint density at radius 3 is 3.10 bits per heavy atom. The van der Waals surface area contributed by atoms with E-state index in [9.17, 15) is 4.79 Å². The van der Waals surface area contributed by atoms with E-state index in [0.717, 1.165) is 49.4 Å². The summed E-state index contributed by atoms with van der Waals surface area (Å²) in [5, 5.41) is 6.68. The van der Waals surface area contributed by atoms with Crippen LogP contribution in [-0.2, 0) is 6.42 Å². The Bertz CT molecular complexity index is 512. The Hall–Kier alpha value is -1.51. The van der Waals surface area contributed by atoms with Crippen LogP contribution in [0.25, 0.3) is 0 Å². The van der Waals surface area contributed by atoms with Crippen LogP contribution in [0.4, 0.5) is 5.69 Å². The van der Waals surface area contributed by atoms with Crippen LogP contribution >= 0.6 is 0 Å². The molecule has 2 N–H and O–H groups in total. The molecule has 1 aliphatic carbocycles. The van der Waals surface area contributed by atoms with Crippen LogP contribution < -0.4 is 10.6 Å². The monoisotopic (exact) mass is 286 g/mol. The number of carbonyl (C=O) groups is 1. The average Bonchev–Trinajstić information content (AvgIpc) is 2.54. The van der Waals surface area contributed by atoms with Crippen LogP contribution in [0.3, 0.4) is 0 Å². The van der Waals surface area contributed by atoms with Gasteiger partial charge in [-0.05, 0) is 43.2 Å². The van der Waals surface area contributed by atoms with Crippen LogP contribution in [0.5, 0.6) is 0 Å². The highest BCUT2D eigenvalue weighted by Gasteiger charge is 2.24. The molecule has 3 heteroatoms. The molecule has 1 aliphatic heterocycles. The molecule has 1 aromatic carbocycles. The molecular weight excluding hydrogens is 260 g/mol. The van der Waals surface area contributed by atoms with Gasteiger partial charge in [-0.25, -0.2) is 0 Å². The molecule has 2 unspecified atom stereocenters. The smallest absolute Gasteiger partial charge is 0.253 e. The first-order chi connectivity index (χ1) is 10.3. The number of anilines is 1. The molecule has 3 nitrogen and oxygen atoms in total. The third kappa shape index (κ3) is 3.22. The number of rotatable bonds is 3. The molecule has 114 valence electrons. The summed E-state index contributed by atoms with van der Waals surface area (Å²) in [6, 6.07) is 6.45. The lowest BCUT2D eigenvalue weighted by Gasteiger charge is -2.29. The summed E-state index contributed by atoms with van der Waals surface area (Å²) in [5.41, 5.74) is 3.17. The number of amides is 1. The lowest BCUT2D eigenvalue weighted by molar-refractivity contribution is 0.0920. The van der Waals surface area contributed by atoms with Crippen molar-refractivity contribution in [2.45, 2.75) is 57.9 Å². The second-order valence-corrected chi connectivity index (χ2v) is 6.48. The maximum Gasteiger partial charge on any atom is 0.253 e. The van der Waals surface area contributed by atoms with Gasteiger partial charge in [-0.1, -0.05) is 38.3 Å². The highest BCUT2D eigenvalue weighted by Crippen LogP contribution is 2.29. The molecule has 1 aromatic rings. The van der Waals surface area contributed by atoms with E-state index >= 15 is 0 Å². The molecule has 0 bridgehead atoms. The third-order valence-corrected chi connectivity index (χ3v) is 5.02. The molecule has 0 spiro atoms. The Morgan fingerprint density at radius 1 is 1.33 bits per heavy atom. The highest BCUT2D eigenvalue weighted by atomic mass is 16.1. The van der Waals surface area contributed by atoms with E-state index < -0.39 is 0 Å². The highest BCUT2D eigenvalue weighted by molar-refractivity contribution is 6.00. The zero-order valence-corrected chi connectivity index (χ0v) is 13.0. The number of para-hydroxylation sites is 1. The van der Waals surface area contributed by atoms with E-state index in [-0.39, 0.29) is 5.91 Å². The Labute approximate surface area is 127 Å². The van der Waals surface area contributed by atoms with E-state index in [4.69, 9.17) is 0 Å². The first-order valence-corrected chi connectivity index (χ1v) is 8.44. The summed E-state index contributed by atoms with van der Waals surface area (Å²) in [4.78, 5) is 12.6. The molecule has 1 fully saturated rings. The molecule has 1 heterocycles. The van der Waals surface area contributed by atoms with Gasteiger partial charge >= 0.3 is 0 Å². The Morgan fingerprint density at radius 2 is 2.24 bits per heavy atom. The number of aryl methyl sites for hydroxylation is 1. The Balaban J connectivity index is 1.71. The number of fused-ring (bicyclic) bond motifs is 1. The van der Waals surface area contributed by atoms with Crippen molar-refractivity contribution in [1.29, 1.82) is 0 Å². The normalized spacial score (nSPS) is 24.8. The lowest BCUT2D eigenvalue weighted by Crippen LogP contribution is -2.38. The zero-order valence-electron chi connectivity index (χ0n) is 13.0. The summed E-state index contributed by atoms with van der Waals surface area (Å²) in [5.74, 6) is 0.884. The van der Waals surface area contributed by atoms with Crippen molar-refractivity contribution in [1.82, 2.24) is 5.32 Å². The van der Waals surface area contributed by atoms with E-state index in [0.29, 0.717) is 6.04 Å². The molecular formula is C18H26N2O. The molecule has 0 radical (unpaired) electrons. The molecule has 1 saturated carbocycles. The maximum absolute atomic E-state index is 12.6. The van der Waals surface area contributed by atoms with Crippen molar-refractivity contribution >= 4 is 11.6 Å². The summed E-state index contributed by atoms with van der Waals surface area (Å²) in [6.07, 6.45) is 8.30. The van der Waals surface area contributed by atoms with Crippen LogP contribution in [0.1, 0.15) is 61.4 Å². The van der Waals surface area contributed by atoms with Crippen molar-refractivity contribution in [3.8, 4) is 0 Å². The maximum atomic E-state index is 12.6. The number of nitrogens with one attached hydrogen (secondary N) is 2. The fraction of sp³-hybridized carbons (Fsp3) is 0.611. The van der Waals surface area contributed by atoms with Gasteiger partial charge in [-0.15, -0.1) is 0 Å². The number of carbonyl (C=O) groups excluding carboxylic acids is 1. The second-order valence-electron chi connectivity index (χ2n) is 6.48. The SMILES string of the molecule is CCC1CCCC(NC(=O)c2cccc3c2NCCC3)C1. The van der Waals surface area contributed by atoms with Gasteiger partial charge in [0.15, 0.2) is 0 Å².